The maximum atomic E-state index is 13.6. The number of ether oxygens (including phenoxy) is 2. The normalized spacial score (nSPS) is 14.2. The van der Waals surface area contributed by atoms with Gasteiger partial charge in [0, 0.05) is 59.1 Å². The van der Waals surface area contributed by atoms with Crippen molar-refractivity contribution in [2.45, 2.75) is 12.3 Å². The second-order valence-electron chi connectivity index (χ2n) is 10.3. The van der Waals surface area contributed by atoms with Gasteiger partial charge in [-0.15, -0.1) is 0 Å². The van der Waals surface area contributed by atoms with Crippen molar-refractivity contribution in [2.75, 3.05) is 33.4 Å². The molecule has 11 heteroatoms. The molecule has 1 atom stereocenters. The van der Waals surface area contributed by atoms with E-state index in [1.54, 1.807) is 59.5 Å². The van der Waals surface area contributed by atoms with Gasteiger partial charge in [-0.1, -0.05) is 30.3 Å². The van der Waals surface area contributed by atoms with Gasteiger partial charge < -0.3 is 39.1 Å². The summed E-state index contributed by atoms with van der Waals surface area (Å²) in [4.78, 5) is 45.0. The number of pyridine rings is 1. The molecule has 3 aromatic carbocycles. The van der Waals surface area contributed by atoms with Crippen LogP contribution >= 0.6 is 0 Å². The molecule has 0 aliphatic carbocycles. The largest absolute Gasteiger partial charge is 0.504 e. The second kappa shape index (κ2) is 11.2. The number of benzene rings is 3. The van der Waals surface area contributed by atoms with Crippen LogP contribution in [0.5, 0.6) is 23.0 Å². The molecule has 1 aliphatic heterocycles. The molecule has 1 aliphatic rings. The van der Waals surface area contributed by atoms with Crippen molar-refractivity contribution in [1.29, 1.82) is 0 Å². The first kappa shape index (κ1) is 27.9. The number of fused-ring (bicyclic) bond motifs is 2. The number of phenolic OH excluding ortho intramolecular Hbond substituents is 3. The number of nitrogens with one attached hydrogen (secondary N) is 1. The number of phenols is 3. The summed E-state index contributed by atoms with van der Waals surface area (Å²) in [7, 11) is 1.51. The summed E-state index contributed by atoms with van der Waals surface area (Å²) in [6.07, 6.45) is -0.329. The van der Waals surface area contributed by atoms with Crippen LogP contribution in [-0.4, -0.2) is 64.5 Å². The number of carbonyl (C=O) groups is 1. The smallest absolute Gasteiger partial charge is 0.252 e. The van der Waals surface area contributed by atoms with Crippen LogP contribution in [0.15, 0.2) is 74.7 Å². The number of methoxy groups -OCH3 is 1. The molecule has 43 heavy (non-hydrogen) atoms. The Morgan fingerprint density at radius 2 is 1.72 bits per heavy atom. The second-order valence-corrected chi connectivity index (χ2v) is 10.3. The summed E-state index contributed by atoms with van der Waals surface area (Å²) in [6, 6.07) is 16.5. The van der Waals surface area contributed by atoms with Crippen LogP contribution in [0, 0.1) is 0 Å². The van der Waals surface area contributed by atoms with Crippen molar-refractivity contribution < 1.29 is 34.0 Å². The summed E-state index contributed by atoms with van der Waals surface area (Å²) in [5, 5.41) is 33.1. The van der Waals surface area contributed by atoms with Gasteiger partial charge in [-0.05, 0) is 24.3 Å². The standard InChI is InChI=1S/C32H28N2O9/c1-41-19-7-8-22-18(13-19)14-21(32(40)33-22)20(15-25(36)34-9-11-42-12-10-34)26-28(37)30(39)29(38)27-23(35)16-24(43-31(26)27)17-5-3-2-4-6-17/h2-8,13-14,16,20,37-39H,9-12,15H2,1H3,(H,33,40). The molecule has 0 spiro atoms. The van der Waals surface area contributed by atoms with E-state index in [0.717, 1.165) is 0 Å². The summed E-state index contributed by atoms with van der Waals surface area (Å²) >= 11 is 0. The number of amides is 1. The van der Waals surface area contributed by atoms with Crippen molar-refractivity contribution in [2.24, 2.45) is 0 Å². The molecule has 11 nitrogen and oxygen atoms in total. The molecule has 220 valence electrons. The lowest BCUT2D eigenvalue weighted by Crippen LogP contribution is -2.41. The number of nitrogens with zero attached hydrogens (tertiary/aromatic N) is 1. The number of aromatic nitrogens is 1. The summed E-state index contributed by atoms with van der Waals surface area (Å²) in [5.74, 6) is -3.56. The van der Waals surface area contributed by atoms with E-state index in [0.29, 0.717) is 48.5 Å². The fraction of sp³-hybridized carbons (Fsp3) is 0.219. The first-order chi connectivity index (χ1) is 20.8. The van der Waals surface area contributed by atoms with Gasteiger partial charge in [-0.25, -0.2) is 0 Å². The molecule has 1 saturated heterocycles. The zero-order valence-electron chi connectivity index (χ0n) is 23.1. The van der Waals surface area contributed by atoms with Crippen LogP contribution in [0.2, 0.25) is 0 Å². The Morgan fingerprint density at radius 3 is 2.44 bits per heavy atom. The van der Waals surface area contributed by atoms with Crippen LogP contribution < -0.4 is 15.7 Å². The number of aromatic hydroxyl groups is 3. The molecule has 4 N–H and O–H groups in total. The minimum Gasteiger partial charge on any atom is -0.504 e. The van der Waals surface area contributed by atoms with Crippen LogP contribution in [-0.2, 0) is 9.53 Å². The van der Waals surface area contributed by atoms with E-state index in [1.807, 2.05) is 0 Å². The lowest BCUT2D eigenvalue weighted by atomic mass is 9.85. The average molecular weight is 585 g/mol. The van der Waals surface area contributed by atoms with E-state index in [4.69, 9.17) is 13.9 Å². The molecule has 0 bridgehead atoms. The molecule has 6 rings (SSSR count). The van der Waals surface area contributed by atoms with E-state index in [9.17, 15) is 29.7 Å². The maximum absolute atomic E-state index is 13.6. The topological polar surface area (TPSA) is 163 Å². The van der Waals surface area contributed by atoms with E-state index in [2.05, 4.69) is 4.98 Å². The van der Waals surface area contributed by atoms with Crippen molar-refractivity contribution in [1.82, 2.24) is 9.88 Å². The maximum Gasteiger partial charge on any atom is 0.252 e. The van der Waals surface area contributed by atoms with Crippen LogP contribution in [0.1, 0.15) is 23.5 Å². The third-order valence-corrected chi connectivity index (χ3v) is 7.74. The Morgan fingerprint density at radius 1 is 0.977 bits per heavy atom. The predicted molar refractivity (Wildman–Crippen MR) is 158 cm³/mol. The molecular formula is C32H28N2O9. The Labute approximate surface area is 244 Å². The van der Waals surface area contributed by atoms with Gasteiger partial charge in [0.2, 0.25) is 11.7 Å². The number of morpholine rings is 1. The number of hydrogen-bond acceptors (Lipinski definition) is 9. The van der Waals surface area contributed by atoms with E-state index < -0.39 is 39.5 Å². The highest BCUT2D eigenvalue weighted by Gasteiger charge is 2.34. The molecular weight excluding hydrogens is 556 g/mol. The predicted octanol–water partition coefficient (Wildman–Crippen LogP) is 3.81. The van der Waals surface area contributed by atoms with Crippen molar-refractivity contribution in [3.63, 3.8) is 0 Å². The minimum atomic E-state index is -1.21. The van der Waals surface area contributed by atoms with Crippen LogP contribution in [0.3, 0.4) is 0 Å². The number of H-pyrrole nitrogens is 1. The zero-order chi connectivity index (χ0) is 30.2. The first-order valence-electron chi connectivity index (χ1n) is 13.6. The molecule has 1 unspecified atom stereocenters. The number of aromatic amines is 1. The van der Waals surface area contributed by atoms with Gasteiger partial charge in [-0.3, -0.25) is 14.4 Å². The molecule has 2 aromatic heterocycles. The van der Waals surface area contributed by atoms with Gasteiger partial charge >= 0.3 is 0 Å². The van der Waals surface area contributed by atoms with Gasteiger partial charge in [0.1, 0.15) is 22.5 Å². The van der Waals surface area contributed by atoms with Gasteiger partial charge in [0.15, 0.2) is 16.9 Å². The van der Waals surface area contributed by atoms with Crippen LogP contribution in [0.4, 0.5) is 0 Å². The molecule has 3 heterocycles. The molecule has 1 amide bonds. The summed E-state index contributed by atoms with van der Waals surface area (Å²) in [5.41, 5.74) is -0.580. The van der Waals surface area contributed by atoms with Crippen LogP contribution in [0.25, 0.3) is 33.2 Å². The average Bonchev–Trinajstić information content (AvgIpc) is 3.03. The highest BCUT2D eigenvalue weighted by Crippen LogP contribution is 2.49. The quantitative estimate of drug-likeness (QED) is 0.217. The highest BCUT2D eigenvalue weighted by atomic mass is 16.5. The van der Waals surface area contributed by atoms with Gasteiger partial charge in [0.05, 0.1) is 20.3 Å². The Bertz CT molecular complexity index is 1980. The van der Waals surface area contributed by atoms with E-state index in [1.165, 1.54) is 13.2 Å². The van der Waals surface area contributed by atoms with E-state index in [-0.39, 0.29) is 34.8 Å². The van der Waals surface area contributed by atoms with Crippen molar-refractivity contribution in [3.8, 4) is 34.3 Å². The van der Waals surface area contributed by atoms with Crippen molar-refractivity contribution >= 4 is 27.8 Å². The fourth-order valence-electron chi connectivity index (χ4n) is 5.51. The lowest BCUT2D eigenvalue weighted by Gasteiger charge is -2.29. The van der Waals surface area contributed by atoms with Gasteiger partial charge in [-0.2, -0.15) is 0 Å². The Kier molecular flexibility index (Phi) is 7.24. The van der Waals surface area contributed by atoms with Crippen molar-refractivity contribution in [3.05, 3.63) is 92.4 Å². The molecule has 0 saturated carbocycles. The number of carbonyl (C=O) groups excluding carboxylic acids is 1. The summed E-state index contributed by atoms with van der Waals surface area (Å²) in [6.45, 7) is 1.35. The lowest BCUT2D eigenvalue weighted by molar-refractivity contribution is -0.135. The minimum absolute atomic E-state index is 0.0665. The number of hydrogen-bond donors (Lipinski definition) is 4. The Balaban J connectivity index is 1.65. The Hall–Kier alpha value is -5.29. The highest BCUT2D eigenvalue weighted by molar-refractivity contribution is 5.94. The summed E-state index contributed by atoms with van der Waals surface area (Å²) < 4.78 is 16.9. The molecule has 1 fully saturated rings. The van der Waals surface area contributed by atoms with Gasteiger partial charge in [0.25, 0.3) is 5.56 Å². The third kappa shape index (κ3) is 5.04. The number of rotatable bonds is 6. The first-order valence-corrected chi connectivity index (χ1v) is 13.6. The van der Waals surface area contributed by atoms with E-state index >= 15 is 0 Å². The third-order valence-electron chi connectivity index (χ3n) is 7.74. The molecule has 0 radical (unpaired) electrons. The SMILES string of the molecule is COc1ccc2[nH]c(=O)c(C(CC(=O)N3CCOCC3)c3c(O)c(O)c(O)c4c(=O)cc(-c5ccccc5)oc34)cc2c1. The fourth-order valence-corrected chi connectivity index (χ4v) is 5.51. The molecule has 5 aromatic rings. The monoisotopic (exact) mass is 584 g/mol. The zero-order valence-corrected chi connectivity index (χ0v) is 23.1.